The lowest BCUT2D eigenvalue weighted by Crippen LogP contribution is -2.12. The highest BCUT2D eigenvalue weighted by molar-refractivity contribution is 5.81. The molecule has 0 aliphatic rings. The smallest absolute Gasteiger partial charge is 0.236 e. The molecule has 0 aliphatic heterocycles. The Balaban J connectivity index is 2.18. The minimum absolute atomic E-state index is 0.123. The largest absolute Gasteiger partial charge is 0.276 e. The lowest BCUT2D eigenvalue weighted by atomic mass is 10.1. The number of benzene rings is 1. The zero-order valence-electron chi connectivity index (χ0n) is 8.23. The van der Waals surface area contributed by atoms with E-state index in [4.69, 9.17) is 0 Å². The van der Waals surface area contributed by atoms with Crippen LogP contribution in [0.2, 0.25) is 0 Å². The molecule has 0 atom stereocenters. The first-order valence-electron chi connectivity index (χ1n) is 4.62. The van der Waals surface area contributed by atoms with Gasteiger partial charge in [0.1, 0.15) is 18.0 Å². The van der Waals surface area contributed by atoms with E-state index in [9.17, 15) is 13.6 Å². The summed E-state index contributed by atoms with van der Waals surface area (Å²) in [5.41, 5.74) is 0.167. The summed E-state index contributed by atoms with van der Waals surface area (Å²) < 4.78 is 27.1. The average Bonchev–Trinajstić information content (AvgIpc) is 2.75. The first-order chi connectivity index (χ1) is 7.66. The molecule has 5 heteroatoms. The van der Waals surface area contributed by atoms with Crippen molar-refractivity contribution >= 4 is 5.91 Å². The van der Waals surface area contributed by atoms with Gasteiger partial charge in [0.05, 0.1) is 6.42 Å². The van der Waals surface area contributed by atoms with Crippen molar-refractivity contribution in [1.82, 2.24) is 9.55 Å². The summed E-state index contributed by atoms with van der Waals surface area (Å²) in [5.74, 6) is -1.69. The number of halogens is 2. The Bertz CT molecular complexity index is 509. The van der Waals surface area contributed by atoms with Crippen LogP contribution in [0.15, 0.2) is 36.9 Å². The van der Waals surface area contributed by atoms with Crippen LogP contribution in [0.5, 0.6) is 0 Å². The van der Waals surface area contributed by atoms with Gasteiger partial charge in [-0.3, -0.25) is 9.36 Å². The van der Waals surface area contributed by atoms with Crippen LogP contribution in [-0.4, -0.2) is 15.5 Å². The van der Waals surface area contributed by atoms with Crippen LogP contribution in [0.4, 0.5) is 8.78 Å². The van der Waals surface area contributed by atoms with Crippen LogP contribution in [0, 0.1) is 11.6 Å². The van der Waals surface area contributed by atoms with E-state index >= 15 is 0 Å². The highest BCUT2D eigenvalue weighted by Gasteiger charge is 2.10. The van der Waals surface area contributed by atoms with Crippen molar-refractivity contribution in [2.45, 2.75) is 6.42 Å². The number of carbonyl (C=O) groups is 1. The van der Waals surface area contributed by atoms with E-state index in [1.807, 2.05) is 0 Å². The molecule has 0 N–H and O–H groups in total. The van der Waals surface area contributed by atoms with Crippen LogP contribution in [0.1, 0.15) is 10.4 Å². The van der Waals surface area contributed by atoms with Gasteiger partial charge < -0.3 is 0 Å². The van der Waals surface area contributed by atoms with Gasteiger partial charge in [-0.2, -0.15) is 0 Å². The zero-order valence-corrected chi connectivity index (χ0v) is 8.23. The summed E-state index contributed by atoms with van der Waals surface area (Å²) >= 11 is 0. The lowest BCUT2D eigenvalue weighted by molar-refractivity contribution is 0.0912. The predicted molar refractivity (Wildman–Crippen MR) is 52.9 cm³/mol. The number of rotatable bonds is 2. The van der Waals surface area contributed by atoms with Gasteiger partial charge in [-0.05, 0) is 11.6 Å². The van der Waals surface area contributed by atoms with Gasteiger partial charge in [-0.25, -0.2) is 13.8 Å². The monoisotopic (exact) mass is 222 g/mol. The molecule has 1 aromatic heterocycles. The van der Waals surface area contributed by atoms with Gasteiger partial charge in [0.2, 0.25) is 5.91 Å². The fourth-order valence-corrected chi connectivity index (χ4v) is 1.33. The Morgan fingerprint density at radius 1 is 1.38 bits per heavy atom. The van der Waals surface area contributed by atoms with E-state index in [1.54, 1.807) is 0 Å². The van der Waals surface area contributed by atoms with Crippen LogP contribution in [0.3, 0.4) is 0 Å². The highest BCUT2D eigenvalue weighted by Crippen LogP contribution is 2.10. The fraction of sp³-hybridized carbons (Fsp3) is 0.0909. The topological polar surface area (TPSA) is 34.9 Å². The molecule has 0 spiro atoms. The molecule has 0 saturated carbocycles. The van der Waals surface area contributed by atoms with Crippen molar-refractivity contribution in [1.29, 1.82) is 0 Å². The van der Waals surface area contributed by atoms with Crippen LogP contribution in [-0.2, 0) is 6.42 Å². The zero-order chi connectivity index (χ0) is 11.5. The number of hydrogen-bond donors (Lipinski definition) is 0. The molecule has 0 amide bonds. The van der Waals surface area contributed by atoms with Crippen molar-refractivity contribution in [3.8, 4) is 0 Å². The van der Waals surface area contributed by atoms with Crippen molar-refractivity contribution in [3.05, 3.63) is 54.1 Å². The molecule has 2 aromatic rings. The third kappa shape index (κ3) is 2.13. The molecule has 1 aromatic carbocycles. The Labute approximate surface area is 90.3 Å². The van der Waals surface area contributed by atoms with E-state index in [1.165, 1.54) is 29.4 Å². The number of hydrogen-bond acceptors (Lipinski definition) is 2. The molecule has 0 radical (unpaired) electrons. The van der Waals surface area contributed by atoms with Gasteiger partial charge in [0.25, 0.3) is 0 Å². The van der Waals surface area contributed by atoms with Gasteiger partial charge in [0, 0.05) is 18.5 Å². The summed E-state index contributed by atoms with van der Waals surface area (Å²) in [4.78, 5) is 15.3. The normalized spacial score (nSPS) is 10.4. The van der Waals surface area contributed by atoms with Gasteiger partial charge in [0.15, 0.2) is 0 Å². The van der Waals surface area contributed by atoms with E-state index in [2.05, 4.69) is 4.98 Å². The Morgan fingerprint density at radius 3 is 2.81 bits per heavy atom. The number of nitrogens with zero attached hydrogens (tertiary/aromatic N) is 2. The lowest BCUT2D eigenvalue weighted by Gasteiger charge is -2.03. The van der Waals surface area contributed by atoms with E-state index in [0.717, 1.165) is 12.1 Å². The fourth-order valence-electron chi connectivity index (χ4n) is 1.33. The first-order valence-corrected chi connectivity index (χ1v) is 4.62. The number of carbonyl (C=O) groups excluding carboxylic acids is 1. The molecule has 2 rings (SSSR count). The summed E-state index contributed by atoms with van der Waals surface area (Å²) in [6, 6.07) is 3.15. The second kappa shape index (κ2) is 4.22. The second-order valence-corrected chi connectivity index (χ2v) is 3.28. The summed E-state index contributed by atoms with van der Waals surface area (Å²) in [7, 11) is 0. The Morgan fingerprint density at radius 2 is 2.19 bits per heavy atom. The van der Waals surface area contributed by atoms with Crippen molar-refractivity contribution in [2.24, 2.45) is 0 Å². The maximum atomic E-state index is 13.2. The Hall–Kier alpha value is -2.04. The molecule has 3 nitrogen and oxygen atoms in total. The van der Waals surface area contributed by atoms with Crippen molar-refractivity contribution < 1.29 is 13.6 Å². The quantitative estimate of drug-likeness (QED) is 0.779. The van der Waals surface area contributed by atoms with Crippen molar-refractivity contribution in [3.63, 3.8) is 0 Å². The van der Waals surface area contributed by atoms with Crippen molar-refractivity contribution in [2.75, 3.05) is 0 Å². The molecule has 16 heavy (non-hydrogen) atoms. The third-order valence-electron chi connectivity index (χ3n) is 2.15. The third-order valence-corrected chi connectivity index (χ3v) is 2.15. The summed E-state index contributed by atoms with van der Waals surface area (Å²) in [6.07, 6.45) is 4.15. The molecule has 0 fully saturated rings. The average molecular weight is 222 g/mol. The molecule has 0 bridgehead atoms. The molecule has 82 valence electrons. The van der Waals surface area contributed by atoms with Gasteiger partial charge >= 0.3 is 0 Å². The van der Waals surface area contributed by atoms with Gasteiger partial charge in [-0.1, -0.05) is 6.07 Å². The number of aromatic nitrogens is 2. The molecular weight excluding hydrogens is 214 g/mol. The number of imidazole rings is 1. The summed E-state index contributed by atoms with van der Waals surface area (Å²) in [6.45, 7) is 0. The maximum Gasteiger partial charge on any atom is 0.236 e. The molecule has 0 saturated heterocycles. The van der Waals surface area contributed by atoms with E-state index in [0.29, 0.717) is 0 Å². The highest BCUT2D eigenvalue weighted by atomic mass is 19.1. The van der Waals surface area contributed by atoms with Crippen LogP contribution < -0.4 is 0 Å². The predicted octanol–water partition coefficient (Wildman–Crippen LogP) is 2.04. The second-order valence-electron chi connectivity index (χ2n) is 3.28. The SMILES string of the molecule is O=C(Cc1ccc(F)cc1F)n1ccnc1. The van der Waals surface area contributed by atoms with E-state index < -0.39 is 11.6 Å². The molecule has 0 unspecified atom stereocenters. The van der Waals surface area contributed by atoms with Crippen LogP contribution in [0.25, 0.3) is 0 Å². The standard InChI is InChI=1S/C11H8F2N2O/c12-9-2-1-8(10(13)6-9)5-11(16)15-4-3-14-7-15/h1-4,6-7H,5H2. The maximum absolute atomic E-state index is 13.2. The van der Waals surface area contributed by atoms with Gasteiger partial charge in [-0.15, -0.1) is 0 Å². The first kappa shape index (κ1) is 10.5. The Kier molecular flexibility index (Phi) is 2.76. The summed E-state index contributed by atoms with van der Waals surface area (Å²) in [5, 5.41) is 0. The minimum atomic E-state index is -0.714. The molecule has 0 aliphatic carbocycles. The van der Waals surface area contributed by atoms with E-state index in [-0.39, 0.29) is 17.9 Å². The molecular formula is C11H8F2N2O. The minimum Gasteiger partial charge on any atom is -0.276 e. The van der Waals surface area contributed by atoms with Crippen LogP contribution >= 0.6 is 0 Å². The molecule has 1 heterocycles.